The van der Waals surface area contributed by atoms with Crippen LogP contribution in [0.25, 0.3) is 0 Å². The molecule has 0 aromatic rings. The standard InChI is InChI=1S/C10H14O2S/c11-9-10(1-2-12-9)5-6-3-7(10)8(13)4-6/h6-8,13H,1-5H2. The highest BCUT2D eigenvalue weighted by atomic mass is 32.1. The highest BCUT2D eigenvalue weighted by molar-refractivity contribution is 7.81. The molecule has 13 heavy (non-hydrogen) atoms. The lowest BCUT2D eigenvalue weighted by molar-refractivity contribution is -0.148. The predicted octanol–water partition coefficient (Wildman–Crippen LogP) is 1.65. The highest BCUT2D eigenvalue weighted by Crippen LogP contribution is 2.61. The lowest BCUT2D eigenvalue weighted by Crippen LogP contribution is -2.37. The summed E-state index contributed by atoms with van der Waals surface area (Å²) in [5, 5.41) is 0.449. The molecule has 1 aliphatic heterocycles. The van der Waals surface area contributed by atoms with Gasteiger partial charge >= 0.3 is 5.97 Å². The molecular formula is C10H14O2S. The maximum absolute atomic E-state index is 11.7. The molecule has 0 aromatic carbocycles. The minimum atomic E-state index is -0.102. The number of carbonyl (C=O) groups excluding carboxylic acids is 1. The zero-order valence-electron chi connectivity index (χ0n) is 7.53. The van der Waals surface area contributed by atoms with Crippen LogP contribution < -0.4 is 0 Å². The summed E-state index contributed by atoms with van der Waals surface area (Å²) < 4.78 is 5.12. The Labute approximate surface area is 83.4 Å². The van der Waals surface area contributed by atoms with Gasteiger partial charge in [0.1, 0.15) is 0 Å². The molecule has 0 aromatic heterocycles. The summed E-state index contributed by atoms with van der Waals surface area (Å²) >= 11 is 4.58. The number of carbonyl (C=O) groups is 1. The van der Waals surface area contributed by atoms with E-state index in [0.717, 1.165) is 18.8 Å². The van der Waals surface area contributed by atoms with Gasteiger partial charge in [-0.25, -0.2) is 0 Å². The van der Waals surface area contributed by atoms with Crippen LogP contribution in [0, 0.1) is 17.3 Å². The molecule has 4 unspecified atom stereocenters. The van der Waals surface area contributed by atoms with Crippen LogP contribution in [-0.2, 0) is 9.53 Å². The minimum absolute atomic E-state index is 0.0683. The van der Waals surface area contributed by atoms with Crippen molar-refractivity contribution in [2.45, 2.75) is 30.9 Å². The second-order valence-electron chi connectivity index (χ2n) is 4.76. The van der Waals surface area contributed by atoms with Gasteiger partial charge in [0.25, 0.3) is 0 Å². The third kappa shape index (κ3) is 0.888. The summed E-state index contributed by atoms with van der Waals surface area (Å²) in [6.07, 6.45) is 4.45. The molecule has 2 bridgehead atoms. The third-order valence-corrected chi connectivity index (χ3v) is 4.75. The zero-order chi connectivity index (χ0) is 9.05. The predicted molar refractivity (Wildman–Crippen MR) is 51.6 cm³/mol. The largest absolute Gasteiger partial charge is 0.465 e. The van der Waals surface area contributed by atoms with Gasteiger partial charge in [-0.1, -0.05) is 0 Å². The molecular weight excluding hydrogens is 184 g/mol. The fraction of sp³-hybridized carbons (Fsp3) is 0.900. The van der Waals surface area contributed by atoms with Gasteiger partial charge in [0.15, 0.2) is 0 Å². The Morgan fingerprint density at radius 1 is 1.46 bits per heavy atom. The number of hydrogen-bond acceptors (Lipinski definition) is 3. The molecule has 0 amide bonds. The van der Waals surface area contributed by atoms with E-state index in [2.05, 4.69) is 12.6 Å². The van der Waals surface area contributed by atoms with Gasteiger partial charge in [-0.05, 0) is 37.5 Å². The van der Waals surface area contributed by atoms with E-state index in [1.54, 1.807) is 0 Å². The molecule has 72 valence electrons. The molecule has 2 saturated carbocycles. The summed E-state index contributed by atoms with van der Waals surface area (Å²) in [4.78, 5) is 11.7. The van der Waals surface area contributed by atoms with Crippen LogP contribution in [0.1, 0.15) is 25.7 Å². The fourth-order valence-corrected chi connectivity index (χ4v) is 4.34. The van der Waals surface area contributed by atoms with Crippen LogP contribution in [0.2, 0.25) is 0 Å². The number of hydrogen-bond donors (Lipinski definition) is 1. The van der Waals surface area contributed by atoms with Crippen LogP contribution in [0.4, 0.5) is 0 Å². The second-order valence-corrected chi connectivity index (χ2v) is 5.42. The molecule has 3 rings (SSSR count). The first-order chi connectivity index (χ1) is 6.22. The lowest BCUT2D eigenvalue weighted by atomic mass is 9.72. The van der Waals surface area contributed by atoms with Crippen LogP contribution in [0.5, 0.6) is 0 Å². The first-order valence-electron chi connectivity index (χ1n) is 5.08. The van der Waals surface area contributed by atoms with Crippen molar-refractivity contribution >= 4 is 18.6 Å². The van der Waals surface area contributed by atoms with Gasteiger partial charge in [0.05, 0.1) is 12.0 Å². The summed E-state index contributed by atoms with van der Waals surface area (Å²) in [7, 11) is 0. The van der Waals surface area contributed by atoms with E-state index in [4.69, 9.17) is 4.74 Å². The van der Waals surface area contributed by atoms with Gasteiger partial charge in [0.2, 0.25) is 0 Å². The highest BCUT2D eigenvalue weighted by Gasteiger charge is 2.61. The van der Waals surface area contributed by atoms with Crippen molar-refractivity contribution in [3.8, 4) is 0 Å². The average Bonchev–Trinajstić information content (AvgIpc) is 2.69. The van der Waals surface area contributed by atoms with E-state index in [9.17, 15) is 4.79 Å². The van der Waals surface area contributed by atoms with Gasteiger partial charge in [0, 0.05) is 5.25 Å². The number of fused-ring (bicyclic) bond motifs is 3. The molecule has 1 heterocycles. The van der Waals surface area contributed by atoms with Crippen molar-refractivity contribution in [3.63, 3.8) is 0 Å². The first kappa shape index (κ1) is 8.16. The molecule has 3 heteroatoms. The van der Waals surface area contributed by atoms with Crippen LogP contribution in [-0.4, -0.2) is 17.8 Å². The maximum Gasteiger partial charge on any atom is 0.312 e. The van der Waals surface area contributed by atoms with Crippen molar-refractivity contribution in [1.82, 2.24) is 0 Å². The molecule has 2 nitrogen and oxygen atoms in total. The van der Waals surface area contributed by atoms with Gasteiger partial charge < -0.3 is 4.74 Å². The average molecular weight is 198 g/mol. The van der Waals surface area contributed by atoms with E-state index in [1.165, 1.54) is 12.8 Å². The molecule has 0 radical (unpaired) electrons. The molecule has 3 fully saturated rings. The minimum Gasteiger partial charge on any atom is -0.465 e. The Bertz CT molecular complexity index is 266. The Hall–Kier alpha value is -0.180. The van der Waals surface area contributed by atoms with Crippen molar-refractivity contribution < 1.29 is 9.53 Å². The lowest BCUT2D eigenvalue weighted by Gasteiger charge is -2.32. The number of ether oxygens (including phenoxy) is 1. The summed E-state index contributed by atoms with van der Waals surface area (Å²) in [6, 6.07) is 0. The molecule has 4 atom stereocenters. The van der Waals surface area contributed by atoms with E-state index in [1.807, 2.05) is 0 Å². The summed E-state index contributed by atoms with van der Waals surface area (Å²) in [5.74, 6) is 1.33. The van der Waals surface area contributed by atoms with Crippen molar-refractivity contribution in [1.29, 1.82) is 0 Å². The molecule has 2 aliphatic carbocycles. The normalized spacial score (nSPS) is 53.3. The quantitative estimate of drug-likeness (QED) is 0.473. The second kappa shape index (κ2) is 2.44. The monoisotopic (exact) mass is 198 g/mol. The van der Waals surface area contributed by atoms with Gasteiger partial charge in [-0.2, -0.15) is 12.6 Å². The molecule has 3 aliphatic rings. The number of rotatable bonds is 0. The topological polar surface area (TPSA) is 26.3 Å². The van der Waals surface area contributed by atoms with E-state index in [0.29, 0.717) is 17.8 Å². The van der Waals surface area contributed by atoms with Crippen molar-refractivity contribution in [2.75, 3.05) is 6.61 Å². The van der Waals surface area contributed by atoms with Crippen LogP contribution in [0.3, 0.4) is 0 Å². The molecule has 0 N–H and O–H groups in total. The zero-order valence-corrected chi connectivity index (χ0v) is 8.43. The van der Waals surface area contributed by atoms with Crippen molar-refractivity contribution in [2.24, 2.45) is 17.3 Å². The first-order valence-corrected chi connectivity index (χ1v) is 5.59. The van der Waals surface area contributed by atoms with Crippen molar-refractivity contribution in [3.05, 3.63) is 0 Å². The Morgan fingerprint density at radius 2 is 2.31 bits per heavy atom. The Morgan fingerprint density at radius 3 is 2.85 bits per heavy atom. The van der Waals surface area contributed by atoms with E-state index in [-0.39, 0.29) is 11.4 Å². The SMILES string of the molecule is O=C1OCCC12CC1CC(S)C2C1. The van der Waals surface area contributed by atoms with Gasteiger partial charge in [-0.15, -0.1) is 0 Å². The van der Waals surface area contributed by atoms with Crippen LogP contribution in [0.15, 0.2) is 0 Å². The number of esters is 1. The molecule has 1 saturated heterocycles. The number of thiol groups is 1. The summed E-state index contributed by atoms with van der Waals surface area (Å²) in [5.41, 5.74) is -0.102. The van der Waals surface area contributed by atoms with E-state index >= 15 is 0 Å². The van der Waals surface area contributed by atoms with E-state index < -0.39 is 0 Å². The smallest absolute Gasteiger partial charge is 0.312 e. The number of cyclic esters (lactones) is 1. The fourth-order valence-electron chi connectivity index (χ4n) is 3.64. The van der Waals surface area contributed by atoms with Gasteiger partial charge in [-0.3, -0.25) is 4.79 Å². The maximum atomic E-state index is 11.7. The summed E-state index contributed by atoms with van der Waals surface area (Å²) in [6.45, 7) is 0.641. The Balaban J connectivity index is 1.97. The van der Waals surface area contributed by atoms with Crippen LogP contribution >= 0.6 is 12.6 Å². The Kier molecular flexibility index (Phi) is 1.53. The third-order valence-electron chi connectivity index (χ3n) is 4.18. The molecule has 1 spiro atoms.